The number of nitrogens with two attached hydrogens (primary N) is 1. The third-order valence-corrected chi connectivity index (χ3v) is 6.02. The minimum Gasteiger partial charge on any atom is -0.228 e. The van der Waals surface area contributed by atoms with Crippen LogP contribution >= 0.6 is 0 Å². The van der Waals surface area contributed by atoms with Crippen LogP contribution in [-0.2, 0) is 20.0 Å². The molecule has 1 saturated heterocycles. The Bertz CT molecular complexity index is 429. The van der Waals surface area contributed by atoms with Crippen LogP contribution in [0.1, 0.15) is 26.2 Å². The highest BCUT2D eigenvalue weighted by molar-refractivity contribution is 7.90. The average molecular weight is 270 g/mol. The van der Waals surface area contributed by atoms with Crippen molar-refractivity contribution in [3.8, 4) is 0 Å². The highest BCUT2D eigenvalue weighted by Crippen LogP contribution is 2.18. The summed E-state index contributed by atoms with van der Waals surface area (Å²) in [6.45, 7) is 2.17. The summed E-state index contributed by atoms with van der Waals surface area (Å²) in [5, 5.41) is 4.28. The largest absolute Gasteiger partial charge is 0.228 e. The summed E-state index contributed by atoms with van der Waals surface area (Å²) < 4.78 is 47.1. The Morgan fingerprint density at radius 2 is 1.94 bits per heavy atom. The fourth-order valence-electron chi connectivity index (χ4n) is 1.81. The van der Waals surface area contributed by atoms with E-state index in [-0.39, 0.29) is 12.3 Å². The van der Waals surface area contributed by atoms with Crippen LogP contribution in [0.25, 0.3) is 0 Å². The molecule has 0 amide bonds. The van der Waals surface area contributed by atoms with E-state index in [9.17, 15) is 16.8 Å². The number of hydrogen-bond acceptors (Lipinski definition) is 4. The van der Waals surface area contributed by atoms with E-state index >= 15 is 0 Å². The second-order valence-corrected chi connectivity index (χ2v) is 7.96. The first-order valence-corrected chi connectivity index (χ1v) is 8.48. The van der Waals surface area contributed by atoms with Gasteiger partial charge < -0.3 is 0 Å². The van der Waals surface area contributed by atoms with Crippen molar-refractivity contribution in [2.24, 2.45) is 5.14 Å². The molecule has 2 N–H and O–H groups in total. The minimum atomic E-state index is -3.64. The number of nitrogens with zero attached hydrogens (tertiary/aromatic N) is 1. The second-order valence-electron chi connectivity index (χ2n) is 4.03. The fraction of sp³-hybridized carbons (Fsp3) is 1.00. The topological polar surface area (TPSA) is 97.5 Å². The van der Waals surface area contributed by atoms with Gasteiger partial charge in [0.15, 0.2) is 0 Å². The summed E-state index contributed by atoms with van der Waals surface area (Å²) >= 11 is 0. The van der Waals surface area contributed by atoms with Crippen LogP contribution in [0.5, 0.6) is 0 Å². The molecular formula is C8H18N2O4S2. The molecule has 96 valence electrons. The van der Waals surface area contributed by atoms with E-state index in [1.807, 2.05) is 0 Å². The van der Waals surface area contributed by atoms with Gasteiger partial charge in [-0.2, -0.15) is 0 Å². The summed E-state index contributed by atoms with van der Waals surface area (Å²) in [7, 11) is -6.95. The normalized spacial score (nSPS) is 24.5. The van der Waals surface area contributed by atoms with E-state index in [0.29, 0.717) is 25.8 Å². The van der Waals surface area contributed by atoms with Crippen LogP contribution < -0.4 is 5.14 Å². The molecule has 0 aromatic heterocycles. The van der Waals surface area contributed by atoms with E-state index in [1.165, 1.54) is 4.31 Å². The van der Waals surface area contributed by atoms with E-state index in [0.717, 1.165) is 0 Å². The predicted molar refractivity (Wildman–Crippen MR) is 61.8 cm³/mol. The minimum absolute atomic E-state index is 0.00116. The van der Waals surface area contributed by atoms with Crippen LogP contribution in [-0.4, -0.2) is 45.2 Å². The molecule has 6 nitrogen and oxygen atoms in total. The smallest absolute Gasteiger partial charge is 0.214 e. The van der Waals surface area contributed by atoms with E-state index in [1.54, 1.807) is 6.92 Å². The van der Waals surface area contributed by atoms with Crippen molar-refractivity contribution < 1.29 is 16.8 Å². The number of sulfonamides is 2. The Morgan fingerprint density at radius 3 is 2.44 bits per heavy atom. The Kier molecular flexibility index (Phi) is 4.33. The molecule has 1 atom stereocenters. The van der Waals surface area contributed by atoms with Crippen LogP contribution in [0.2, 0.25) is 0 Å². The lowest BCUT2D eigenvalue weighted by Gasteiger charge is -2.30. The number of primary sulfonamides is 1. The molecule has 1 aliphatic heterocycles. The lowest BCUT2D eigenvalue weighted by Crippen LogP contribution is -2.47. The zero-order valence-electron chi connectivity index (χ0n) is 9.29. The monoisotopic (exact) mass is 270 g/mol. The number of piperidine rings is 1. The molecule has 1 aliphatic rings. The molecule has 0 radical (unpaired) electrons. The van der Waals surface area contributed by atoms with Gasteiger partial charge in [0, 0.05) is 13.1 Å². The first kappa shape index (κ1) is 13.9. The Hall–Kier alpha value is -0.180. The quantitative estimate of drug-likeness (QED) is 0.743. The Labute approximate surface area is 96.9 Å². The number of rotatable bonds is 4. The Morgan fingerprint density at radius 1 is 1.31 bits per heavy atom. The zero-order valence-corrected chi connectivity index (χ0v) is 10.9. The van der Waals surface area contributed by atoms with Gasteiger partial charge in [-0.1, -0.05) is 6.92 Å². The molecule has 0 aliphatic carbocycles. The second kappa shape index (κ2) is 4.99. The van der Waals surface area contributed by atoms with Gasteiger partial charge in [0.25, 0.3) is 0 Å². The molecule has 0 saturated carbocycles. The lowest BCUT2D eigenvalue weighted by molar-refractivity contribution is 0.346. The summed E-state index contributed by atoms with van der Waals surface area (Å²) in [6, 6.07) is 0. The van der Waals surface area contributed by atoms with Crippen molar-refractivity contribution in [3.05, 3.63) is 0 Å². The van der Waals surface area contributed by atoms with E-state index in [4.69, 9.17) is 5.14 Å². The molecular weight excluding hydrogens is 252 g/mol. The van der Waals surface area contributed by atoms with Gasteiger partial charge in [-0.3, -0.25) is 0 Å². The lowest BCUT2D eigenvalue weighted by atomic mass is 10.2. The molecule has 0 aromatic carbocycles. The molecule has 8 heteroatoms. The predicted octanol–water partition coefficient (Wildman–Crippen LogP) is -0.521. The molecule has 1 fully saturated rings. The van der Waals surface area contributed by atoms with Gasteiger partial charge in [0.1, 0.15) is 0 Å². The van der Waals surface area contributed by atoms with Gasteiger partial charge in [-0.25, -0.2) is 26.3 Å². The van der Waals surface area contributed by atoms with Gasteiger partial charge >= 0.3 is 0 Å². The maximum Gasteiger partial charge on any atom is 0.214 e. The van der Waals surface area contributed by atoms with Gasteiger partial charge in [0.2, 0.25) is 20.0 Å². The molecule has 0 bridgehead atoms. The Balaban J connectivity index is 2.79. The molecule has 0 spiro atoms. The molecule has 1 unspecified atom stereocenters. The van der Waals surface area contributed by atoms with Crippen molar-refractivity contribution in [2.45, 2.75) is 31.4 Å². The molecule has 0 aromatic rings. The van der Waals surface area contributed by atoms with Crippen LogP contribution in [0.4, 0.5) is 0 Å². The summed E-state index contributed by atoms with van der Waals surface area (Å²) in [5.41, 5.74) is 0. The van der Waals surface area contributed by atoms with Crippen LogP contribution in [0.3, 0.4) is 0 Å². The van der Waals surface area contributed by atoms with E-state index < -0.39 is 25.3 Å². The fourth-order valence-corrected chi connectivity index (χ4v) is 4.38. The van der Waals surface area contributed by atoms with Crippen molar-refractivity contribution >= 4 is 20.0 Å². The standard InChI is InChI=1S/C8H18N2O4S2/c1-2-6-15(11,12)10-5-3-4-8(7-10)16(9,13)14/h8H,2-7H2,1H3,(H2,9,13,14). The first-order chi connectivity index (χ1) is 7.27. The van der Waals surface area contributed by atoms with Crippen molar-refractivity contribution in [1.82, 2.24) is 4.31 Å². The zero-order chi connectivity index (χ0) is 12.4. The average Bonchev–Trinajstić information content (AvgIpc) is 2.16. The first-order valence-electron chi connectivity index (χ1n) is 5.27. The summed E-state index contributed by atoms with van der Waals surface area (Å²) in [5.74, 6) is 0.0599. The highest BCUT2D eigenvalue weighted by Gasteiger charge is 2.33. The molecule has 16 heavy (non-hydrogen) atoms. The van der Waals surface area contributed by atoms with Gasteiger partial charge in [0.05, 0.1) is 11.0 Å². The SMILES string of the molecule is CCCS(=O)(=O)N1CCCC(S(N)(=O)=O)C1. The van der Waals surface area contributed by atoms with E-state index in [2.05, 4.69) is 0 Å². The number of hydrogen-bond donors (Lipinski definition) is 1. The van der Waals surface area contributed by atoms with Crippen LogP contribution in [0, 0.1) is 0 Å². The third kappa shape index (κ3) is 3.41. The summed E-state index contributed by atoms with van der Waals surface area (Å²) in [4.78, 5) is 0. The highest BCUT2D eigenvalue weighted by atomic mass is 32.2. The summed E-state index contributed by atoms with van der Waals surface area (Å²) in [6.07, 6.45) is 1.51. The maximum atomic E-state index is 11.7. The molecule has 1 heterocycles. The van der Waals surface area contributed by atoms with Gasteiger partial charge in [-0.15, -0.1) is 0 Å². The third-order valence-electron chi connectivity index (χ3n) is 2.66. The van der Waals surface area contributed by atoms with Crippen molar-refractivity contribution in [2.75, 3.05) is 18.8 Å². The van der Waals surface area contributed by atoms with Gasteiger partial charge in [-0.05, 0) is 19.3 Å². The maximum absolute atomic E-state index is 11.7. The van der Waals surface area contributed by atoms with Crippen molar-refractivity contribution in [1.29, 1.82) is 0 Å². The van der Waals surface area contributed by atoms with Crippen LogP contribution in [0.15, 0.2) is 0 Å². The molecule has 1 rings (SSSR count). The van der Waals surface area contributed by atoms with Crippen molar-refractivity contribution in [3.63, 3.8) is 0 Å².